The van der Waals surface area contributed by atoms with Gasteiger partial charge in [-0.3, -0.25) is 4.55 Å². The fraction of sp³-hybridized carbons (Fsp3) is 0.632. The standard InChI is InChI=1S/C19H25FO7S/c1-3-19(2,14-11-13-5-7-16(14)26-13)27-17-10-12(4-6-15(17)20)18(21)25-8-9-28(22,23)24/h4,6,10,13-14,16H,3,5,7-9,11H2,1-2H3,(H,22,23,24). The molecule has 2 aliphatic heterocycles. The van der Waals surface area contributed by atoms with Crippen molar-refractivity contribution >= 4 is 16.1 Å². The number of carbonyl (C=O) groups excluding carboxylic acids is 1. The summed E-state index contributed by atoms with van der Waals surface area (Å²) in [7, 11) is -4.23. The van der Waals surface area contributed by atoms with Crippen LogP contribution >= 0.6 is 0 Å². The highest BCUT2D eigenvalue weighted by molar-refractivity contribution is 7.85. The molecule has 0 radical (unpaired) electrons. The molecule has 0 aliphatic carbocycles. The predicted octanol–water partition coefficient (Wildman–Crippen LogP) is 2.99. The van der Waals surface area contributed by atoms with Crippen LogP contribution in [0.4, 0.5) is 4.39 Å². The van der Waals surface area contributed by atoms with E-state index in [4.69, 9.17) is 18.8 Å². The molecule has 1 aromatic rings. The van der Waals surface area contributed by atoms with Crippen molar-refractivity contribution in [3.63, 3.8) is 0 Å². The van der Waals surface area contributed by atoms with Crippen molar-refractivity contribution in [2.24, 2.45) is 5.92 Å². The molecule has 28 heavy (non-hydrogen) atoms. The molecule has 2 bridgehead atoms. The quantitative estimate of drug-likeness (QED) is 0.514. The molecule has 2 fully saturated rings. The van der Waals surface area contributed by atoms with Crippen LogP contribution in [0.15, 0.2) is 18.2 Å². The number of hydrogen-bond acceptors (Lipinski definition) is 6. The van der Waals surface area contributed by atoms with E-state index < -0.39 is 39.9 Å². The normalized spacial score (nSPS) is 26.1. The zero-order valence-electron chi connectivity index (χ0n) is 15.9. The molecule has 3 rings (SSSR count). The zero-order chi connectivity index (χ0) is 20.5. The molecule has 0 saturated carbocycles. The van der Waals surface area contributed by atoms with E-state index in [9.17, 15) is 17.6 Å². The molecular weight excluding hydrogens is 391 g/mol. The van der Waals surface area contributed by atoms with Gasteiger partial charge in [0.25, 0.3) is 10.1 Å². The van der Waals surface area contributed by atoms with Crippen LogP contribution in [-0.2, 0) is 19.6 Å². The second-order valence-electron chi connectivity index (χ2n) is 7.55. The highest BCUT2D eigenvalue weighted by atomic mass is 32.2. The van der Waals surface area contributed by atoms with E-state index in [2.05, 4.69) is 0 Å². The first kappa shape index (κ1) is 21.0. The molecule has 0 amide bonds. The average Bonchev–Trinajstić information content (AvgIpc) is 3.26. The molecule has 9 heteroatoms. The Morgan fingerprint density at radius 1 is 1.39 bits per heavy atom. The number of carbonyl (C=O) groups is 1. The van der Waals surface area contributed by atoms with Gasteiger partial charge in [-0.2, -0.15) is 8.42 Å². The van der Waals surface area contributed by atoms with Crippen LogP contribution in [0.3, 0.4) is 0 Å². The number of fused-ring (bicyclic) bond motifs is 2. The third kappa shape index (κ3) is 4.64. The van der Waals surface area contributed by atoms with E-state index in [0.29, 0.717) is 6.42 Å². The zero-order valence-corrected chi connectivity index (χ0v) is 16.7. The maximum atomic E-state index is 14.4. The predicted molar refractivity (Wildman–Crippen MR) is 98.4 cm³/mol. The Morgan fingerprint density at radius 3 is 2.71 bits per heavy atom. The fourth-order valence-electron chi connectivity index (χ4n) is 3.97. The van der Waals surface area contributed by atoms with Crippen molar-refractivity contribution in [2.75, 3.05) is 12.4 Å². The van der Waals surface area contributed by atoms with Gasteiger partial charge in [-0.1, -0.05) is 6.92 Å². The van der Waals surface area contributed by atoms with Crippen molar-refractivity contribution in [1.82, 2.24) is 0 Å². The van der Waals surface area contributed by atoms with Gasteiger partial charge in [-0.25, -0.2) is 9.18 Å². The van der Waals surface area contributed by atoms with Crippen molar-refractivity contribution in [3.05, 3.63) is 29.6 Å². The van der Waals surface area contributed by atoms with Crippen LogP contribution in [0.5, 0.6) is 5.75 Å². The summed E-state index contributed by atoms with van der Waals surface area (Å²) in [6, 6.07) is 3.61. The highest BCUT2D eigenvalue weighted by Crippen LogP contribution is 2.46. The van der Waals surface area contributed by atoms with Crippen LogP contribution in [0.1, 0.15) is 49.9 Å². The van der Waals surface area contributed by atoms with E-state index >= 15 is 0 Å². The third-order valence-corrected chi connectivity index (χ3v) is 6.36. The van der Waals surface area contributed by atoms with Crippen LogP contribution < -0.4 is 4.74 Å². The summed E-state index contributed by atoms with van der Waals surface area (Å²) in [5.74, 6) is -2.05. The average molecular weight is 416 g/mol. The summed E-state index contributed by atoms with van der Waals surface area (Å²) >= 11 is 0. The minimum absolute atomic E-state index is 0.0365. The van der Waals surface area contributed by atoms with Crippen LogP contribution in [0.25, 0.3) is 0 Å². The smallest absolute Gasteiger partial charge is 0.338 e. The fourth-order valence-corrected chi connectivity index (χ4v) is 4.27. The molecule has 156 valence electrons. The lowest BCUT2D eigenvalue weighted by molar-refractivity contribution is -0.0163. The van der Waals surface area contributed by atoms with Gasteiger partial charge < -0.3 is 14.2 Å². The SMILES string of the molecule is CCC(C)(Oc1cc(C(=O)OCCS(=O)(=O)O)ccc1F)C1CC2CCC1O2. The Balaban J connectivity index is 1.72. The van der Waals surface area contributed by atoms with Gasteiger partial charge in [0, 0.05) is 5.92 Å². The summed E-state index contributed by atoms with van der Waals surface area (Å²) in [5.41, 5.74) is -0.608. The Hall–Kier alpha value is -1.71. The van der Waals surface area contributed by atoms with Gasteiger partial charge in [0.2, 0.25) is 0 Å². The first-order chi connectivity index (χ1) is 13.1. The Bertz CT molecular complexity index is 841. The third-order valence-electron chi connectivity index (χ3n) is 5.68. The van der Waals surface area contributed by atoms with Gasteiger partial charge >= 0.3 is 5.97 Å². The van der Waals surface area contributed by atoms with Gasteiger partial charge in [-0.15, -0.1) is 0 Å². The van der Waals surface area contributed by atoms with Crippen molar-refractivity contribution in [1.29, 1.82) is 0 Å². The summed E-state index contributed by atoms with van der Waals surface area (Å²) in [6.45, 7) is 3.40. The van der Waals surface area contributed by atoms with Crippen LogP contribution in [0, 0.1) is 11.7 Å². The van der Waals surface area contributed by atoms with Crippen LogP contribution in [-0.4, -0.2) is 49.1 Å². The number of hydrogen-bond donors (Lipinski definition) is 1. The molecule has 0 aromatic heterocycles. The lowest BCUT2D eigenvalue weighted by atomic mass is 9.76. The van der Waals surface area contributed by atoms with Crippen molar-refractivity contribution < 1.29 is 36.4 Å². The lowest BCUT2D eigenvalue weighted by Gasteiger charge is -2.38. The van der Waals surface area contributed by atoms with Crippen molar-refractivity contribution in [2.45, 2.75) is 57.3 Å². The van der Waals surface area contributed by atoms with E-state index in [0.717, 1.165) is 25.3 Å². The number of halogens is 1. The second kappa shape index (κ2) is 7.96. The van der Waals surface area contributed by atoms with E-state index in [1.165, 1.54) is 12.1 Å². The molecule has 1 aromatic carbocycles. The van der Waals surface area contributed by atoms with E-state index in [1.54, 1.807) is 0 Å². The van der Waals surface area contributed by atoms with Crippen molar-refractivity contribution in [3.8, 4) is 5.75 Å². The second-order valence-corrected chi connectivity index (χ2v) is 9.12. The van der Waals surface area contributed by atoms with Crippen LogP contribution in [0.2, 0.25) is 0 Å². The first-order valence-corrected chi connectivity index (χ1v) is 11.0. The number of rotatable bonds is 8. The largest absolute Gasteiger partial charge is 0.484 e. The number of ether oxygens (including phenoxy) is 3. The topological polar surface area (TPSA) is 99.1 Å². The molecule has 1 N–H and O–H groups in total. The summed E-state index contributed by atoms with van der Waals surface area (Å²) < 4.78 is 61.3. The molecule has 4 unspecified atom stereocenters. The Labute approximate surface area is 163 Å². The van der Waals surface area contributed by atoms with E-state index in [-0.39, 0.29) is 29.4 Å². The summed E-state index contributed by atoms with van der Waals surface area (Å²) in [4.78, 5) is 12.1. The monoisotopic (exact) mass is 416 g/mol. The molecule has 2 saturated heterocycles. The molecular formula is C19H25FO7S. The lowest BCUT2D eigenvalue weighted by Crippen LogP contribution is -2.45. The summed E-state index contributed by atoms with van der Waals surface area (Å²) in [5, 5.41) is 0. The molecule has 2 aliphatic rings. The molecule has 2 heterocycles. The first-order valence-electron chi connectivity index (χ1n) is 9.37. The Morgan fingerprint density at radius 2 is 2.14 bits per heavy atom. The summed E-state index contributed by atoms with van der Waals surface area (Å²) in [6.07, 6.45) is 3.86. The van der Waals surface area contributed by atoms with Gasteiger partial charge in [0.05, 0.1) is 17.8 Å². The Kier molecular flexibility index (Phi) is 5.97. The minimum Gasteiger partial charge on any atom is -0.484 e. The molecule has 7 nitrogen and oxygen atoms in total. The minimum atomic E-state index is -4.23. The number of benzene rings is 1. The molecule has 4 atom stereocenters. The van der Waals surface area contributed by atoms with Gasteiger partial charge in [0.15, 0.2) is 11.6 Å². The number of esters is 1. The van der Waals surface area contributed by atoms with Gasteiger partial charge in [0.1, 0.15) is 18.0 Å². The maximum Gasteiger partial charge on any atom is 0.338 e. The highest BCUT2D eigenvalue weighted by Gasteiger charge is 2.50. The van der Waals surface area contributed by atoms with E-state index in [1.807, 2.05) is 13.8 Å². The molecule has 0 spiro atoms. The maximum absolute atomic E-state index is 14.4. The van der Waals surface area contributed by atoms with Gasteiger partial charge in [-0.05, 0) is 50.8 Å².